The van der Waals surface area contributed by atoms with Gasteiger partial charge in [-0.2, -0.15) is 0 Å². The summed E-state index contributed by atoms with van der Waals surface area (Å²) in [5.41, 5.74) is 3.03. The number of amides is 2. The van der Waals surface area contributed by atoms with Crippen molar-refractivity contribution in [3.05, 3.63) is 112 Å². The van der Waals surface area contributed by atoms with Crippen molar-refractivity contribution in [2.75, 3.05) is 20.2 Å². The van der Waals surface area contributed by atoms with E-state index in [1.807, 2.05) is 66.0 Å². The first-order chi connectivity index (χ1) is 19.0. The maximum atomic E-state index is 13.9. The van der Waals surface area contributed by atoms with E-state index in [9.17, 15) is 19.5 Å². The topological polar surface area (TPSA) is 95.9 Å². The van der Waals surface area contributed by atoms with Crippen molar-refractivity contribution in [1.29, 1.82) is 0 Å². The molecular formula is C31H30N2O5S. The van der Waals surface area contributed by atoms with Crippen LogP contribution in [0.1, 0.15) is 37.6 Å². The lowest BCUT2D eigenvalue weighted by molar-refractivity contribution is -0.137. The quantitative estimate of drug-likeness (QED) is 0.246. The van der Waals surface area contributed by atoms with E-state index in [4.69, 9.17) is 4.74 Å². The van der Waals surface area contributed by atoms with Gasteiger partial charge in [-0.1, -0.05) is 60.7 Å². The summed E-state index contributed by atoms with van der Waals surface area (Å²) in [5, 5.41) is 14.3. The second-order valence-corrected chi connectivity index (χ2v) is 9.88. The van der Waals surface area contributed by atoms with Gasteiger partial charge in [0.2, 0.25) is 0 Å². The Labute approximate surface area is 231 Å². The average Bonchev–Trinajstić information content (AvgIpc) is 3.49. The lowest BCUT2D eigenvalue weighted by atomic mass is 9.94. The van der Waals surface area contributed by atoms with Gasteiger partial charge in [0.05, 0.1) is 20.1 Å². The molecule has 0 aliphatic heterocycles. The molecule has 39 heavy (non-hydrogen) atoms. The number of carboxylic acid groups (broad SMARTS) is 1. The van der Waals surface area contributed by atoms with Gasteiger partial charge < -0.3 is 20.1 Å². The summed E-state index contributed by atoms with van der Waals surface area (Å²) in [6, 6.07) is 25.8. The van der Waals surface area contributed by atoms with Crippen LogP contribution in [0.2, 0.25) is 0 Å². The summed E-state index contributed by atoms with van der Waals surface area (Å²) in [5.74, 6) is -0.798. The highest BCUT2D eigenvalue weighted by Crippen LogP contribution is 2.29. The molecule has 2 N–H and O–H groups in total. The summed E-state index contributed by atoms with van der Waals surface area (Å²) in [6.07, 6.45) is 0.320. The minimum absolute atomic E-state index is 0.0561. The van der Waals surface area contributed by atoms with Gasteiger partial charge in [0.25, 0.3) is 11.8 Å². The number of thiophene rings is 1. The second kappa shape index (κ2) is 13.4. The first kappa shape index (κ1) is 27.6. The fraction of sp³-hybridized carbons (Fsp3) is 0.194. The number of methoxy groups -OCH3 is 1. The number of hydrogen-bond donors (Lipinski definition) is 2. The number of ether oxygens (including phenoxy) is 1. The van der Waals surface area contributed by atoms with Crippen LogP contribution >= 0.6 is 11.3 Å². The molecule has 0 saturated heterocycles. The van der Waals surface area contributed by atoms with E-state index in [1.54, 1.807) is 47.6 Å². The molecule has 0 aliphatic carbocycles. The van der Waals surface area contributed by atoms with Crippen molar-refractivity contribution < 1.29 is 24.2 Å². The molecule has 0 atom stereocenters. The predicted octanol–water partition coefficient (Wildman–Crippen LogP) is 5.51. The first-order valence-corrected chi connectivity index (χ1v) is 13.5. The van der Waals surface area contributed by atoms with Crippen LogP contribution in [0.4, 0.5) is 0 Å². The molecule has 0 aliphatic rings. The molecular weight excluding hydrogens is 512 g/mol. The molecule has 8 heteroatoms. The fourth-order valence-corrected chi connectivity index (χ4v) is 5.02. The third kappa shape index (κ3) is 7.12. The lowest BCUT2D eigenvalue weighted by Gasteiger charge is -2.24. The number of nitrogens with zero attached hydrogens (tertiary/aromatic N) is 1. The summed E-state index contributed by atoms with van der Waals surface area (Å²) in [6.45, 7) is 0.779. The number of nitrogens with one attached hydrogen (secondary N) is 1. The van der Waals surface area contributed by atoms with Gasteiger partial charge in [-0.15, -0.1) is 11.3 Å². The maximum Gasteiger partial charge on any atom is 0.305 e. The largest absolute Gasteiger partial charge is 0.496 e. The standard InChI is InChI=1S/C31H30N2O5S/c1-38-28-15-7-2-9-22(28)16-18-33(19-17-29(34)35)31(37)27-14-6-4-12-25(27)24-11-3-5-13-26(24)30(36)32-21-23-10-8-20-39-23/h2-15,20H,16-19,21H2,1H3,(H,32,36)(H,34,35). The molecule has 4 rings (SSSR count). The van der Waals surface area contributed by atoms with E-state index in [-0.39, 0.29) is 24.8 Å². The molecule has 0 radical (unpaired) electrons. The van der Waals surface area contributed by atoms with Crippen molar-refractivity contribution in [2.45, 2.75) is 19.4 Å². The highest BCUT2D eigenvalue weighted by atomic mass is 32.1. The molecule has 3 aromatic carbocycles. The van der Waals surface area contributed by atoms with Gasteiger partial charge >= 0.3 is 5.97 Å². The number of para-hydroxylation sites is 1. The summed E-state index contributed by atoms with van der Waals surface area (Å²) in [4.78, 5) is 41.0. The molecule has 0 bridgehead atoms. The Balaban J connectivity index is 1.62. The van der Waals surface area contributed by atoms with Crippen molar-refractivity contribution in [2.24, 2.45) is 0 Å². The van der Waals surface area contributed by atoms with Gasteiger partial charge in [-0.3, -0.25) is 14.4 Å². The molecule has 0 spiro atoms. The number of carbonyl (C=O) groups excluding carboxylic acids is 2. The fourth-order valence-electron chi connectivity index (χ4n) is 4.38. The highest BCUT2D eigenvalue weighted by molar-refractivity contribution is 7.09. The van der Waals surface area contributed by atoms with Crippen LogP contribution in [0.5, 0.6) is 5.75 Å². The minimum Gasteiger partial charge on any atom is -0.496 e. The number of carboxylic acids is 1. The smallest absolute Gasteiger partial charge is 0.305 e. The molecule has 0 unspecified atom stereocenters. The van der Waals surface area contributed by atoms with E-state index in [0.29, 0.717) is 47.5 Å². The molecule has 200 valence electrons. The van der Waals surface area contributed by atoms with Gasteiger partial charge in [0.1, 0.15) is 5.75 Å². The number of carbonyl (C=O) groups is 3. The Morgan fingerprint density at radius 3 is 2.21 bits per heavy atom. The van der Waals surface area contributed by atoms with Crippen LogP contribution in [-0.4, -0.2) is 48.0 Å². The maximum absolute atomic E-state index is 13.9. The Morgan fingerprint density at radius 2 is 1.51 bits per heavy atom. The SMILES string of the molecule is COc1ccccc1CCN(CCC(=O)O)C(=O)c1ccccc1-c1ccccc1C(=O)NCc1cccs1. The average molecular weight is 543 g/mol. The van der Waals surface area contributed by atoms with Crippen LogP contribution in [0.25, 0.3) is 11.1 Å². The van der Waals surface area contributed by atoms with Crippen molar-refractivity contribution in [3.8, 4) is 16.9 Å². The Morgan fingerprint density at radius 1 is 0.846 bits per heavy atom. The van der Waals surface area contributed by atoms with Crippen LogP contribution in [0.3, 0.4) is 0 Å². The van der Waals surface area contributed by atoms with Gasteiger partial charge in [-0.25, -0.2) is 0 Å². The molecule has 1 heterocycles. The number of aliphatic carboxylic acids is 1. The number of rotatable bonds is 12. The predicted molar refractivity (Wildman–Crippen MR) is 152 cm³/mol. The van der Waals surface area contributed by atoms with Crippen LogP contribution < -0.4 is 10.1 Å². The van der Waals surface area contributed by atoms with Gasteiger partial charge in [0, 0.05) is 29.1 Å². The van der Waals surface area contributed by atoms with E-state index in [1.165, 1.54) is 0 Å². The Bertz CT molecular complexity index is 1430. The van der Waals surface area contributed by atoms with E-state index in [0.717, 1.165) is 10.4 Å². The molecule has 4 aromatic rings. The van der Waals surface area contributed by atoms with Crippen LogP contribution in [0.15, 0.2) is 90.3 Å². The zero-order valence-electron chi connectivity index (χ0n) is 21.6. The molecule has 0 saturated carbocycles. The Hall–Kier alpha value is -4.43. The number of benzene rings is 3. The van der Waals surface area contributed by atoms with Crippen molar-refractivity contribution in [1.82, 2.24) is 10.2 Å². The zero-order chi connectivity index (χ0) is 27.6. The number of hydrogen-bond acceptors (Lipinski definition) is 5. The molecule has 2 amide bonds. The van der Waals surface area contributed by atoms with Gasteiger partial charge in [0.15, 0.2) is 0 Å². The summed E-state index contributed by atoms with van der Waals surface area (Å²) < 4.78 is 5.44. The monoisotopic (exact) mass is 542 g/mol. The van der Waals surface area contributed by atoms with Gasteiger partial charge in [-0.05, 0) is 52.8 Å². The van der Waals surface area contributed by atoms with Crippen molar-refractivity contribution in [3.63, 3.8) is 0 Å². The molecule has 0 fully saturated rings. The van der Waals surface area contributed by atoms with E-state index in [2.05, 4.69) is 5.32 Å². The third-order valence-corrected chi connectivity index (χ3v) is 7.23. The normalized spacial score (nSPS) is 10.6. The second-order valence-electron chi connectivity index (χ2n) is 8.85. The van der Waals surface area contributed by atoms with Crippen molar-refractivity contribution >= 4 is 29.1 Å². The summed E-state index contributed by atoms with van der Waals surface area (Å²) >= 11 is 1.57. The molecule has 7 nitrogen and oxygen atoms in total. The first-order valence-electron chi connectivity index (χ1n) is 12.6. The zero-order valence-corrected chi connectivity index (χ0v) is 22.4. The van der Waals surface area contributed by atoms with Crippen LogP contribution in [-0.2, 0) is 17.8 Å². The lowest BCUT2D eigenvalue weighted by Crippen LogP contribution is -2.35. The van der Waals surface area contributed by atoms with E-state index >= 15 is 0 Å². The van der Waals surface area contributed by atoms with Crippen LogP contribution in [0, 0.1) is 0 Å². The Kier molecular flexibility index (Phi) is 9.48. The van der Waals surface area contributed by atoms with E-state index < -0.39 is 5.97 Å². The highest BCUT2D eigenvalue weighted by Gasteiger charge is 2.23. The third-order valence-electron chi connectivity index (χ3n) is 6.35. The minimum atomic E-state index is -0.980. The molecule has 1 aromatic heterocycles. The summed E-state index contributed by atoms with van der Waals surface area (Å²) in [7, 11) is 1.59.